The average Bonchev–Trinajstić information content (AvgIpc) is 3.31. The van der Waals surface area contributed by atoms with Crippen LogP contribution in [-0.4, -0.2) is 166 Å². The summed E-state index contributed by atoms with van der Waals surface area (Å²) in [6.07, 6.45) is -3.53. The summed E-state index contributed by atoms with van der Waals surface area (Å²) in [4.78, 5) is 155. The van der Waals surface area contributed by atoms with Crippen molar-refractivity contribution in [3.63, 3.8) is 0 Å². The summed E-state index contributed by atoms with van der Waals surface area (Å²) in [5.41, 5.74) is 11.2. The van der Waals surface area contributed by atoms with E-state index >= 15 is 0 Å². The summed E-state index contributed by atoms with van der Waals surface area (Å²) < 4.78 is 0. The highest BCUT2D eigenvalue weighted by atomic mass is 16.4. The Hall–Kier alpha value is -7.26. The van der Waals surface area contributed by atoms with Gasteiger partial charge in [-0.2, -0.15) is 0 Å². The van der Waals surface area contributed by atoms with E-state index in [-0.39, 0.29) is 12.8 Å². The van der Waals surface area contributed by atoms with E-state index < -0.39 is 182 Å². The second-order valence-corrected chi connectivity index (χ2v) is 17.7. The molecule has 10 atom stereocenters. The van der Waals surface area contributed by atoms with Crippen LogP contribution < -0.4 is 59.3 Å². The van der Waals surface area contributed by atoms with Crippen LogP contribution in [0.5, 0.6) is 0 Å². The van der Waals surface area contributed by atoms with E-state index in [1.807, 2.05) is 0 Å². The van der Waals surface area contributed by atoms with E-state index in [9.17, 15) is 78.0 Å². The topological polar surface area (TPSA) is 446 Å². The highest BCUT2D eigenvalue weighted by molar-refractivity contribution is 5.99. The number of carboxylic acids is 2. The Labute approximate surface area is 415 Å². The van der Waals surface area contributed by atoms with Gasteiger partial charge in [-0.15, -0.1) is 0 Å². The molecule has 0 aromatic heterocycles. The van der Waals surface area contributed by atoms with Crippen molar-refractivity contribution in [1.82, 2.24) is 47.9 Å². The lowest BCUT2D eigenvalue weighted by atomic mass is 9.96. The van der Waals surface area contributed by atoms with Gasteiger partial charge < -0.3 is 79.7 Å². The highest BCUT2D eigenvalue weighted by Crippen LogP contribution is 2.12. The molecule has 402 valence electrons. The molecule has 0 heterocycles. The number of benzene rings is 1. The SMILES string of the molecule is CC[C@H](C)[C@H](NC(=O)[C@@H](NC(=O)CN)[C@@H](C)O)C(=O)N[C@@H](CC(N)=O)C(=O)N[C@@H](Cc1ccccc1)C(=O)N[C@@H](CCC(=O)O)C(=O)NCC(=O)N[C@@H](CO)C(=O)N[C@H](C(=O)N[C@H](C(=O)O)C(C)C)C(C)C. The van der Waals surface area contributed by atoms with Gasteiger partial charge in [-0.3, -0.25) is 52.7 Å². The molecule has 0 fully saturated rings. The molecule has 1 aromatic rings. The Morgan fingerprint density at radius 3 is 1.57 bits per heavy atom. The van der Waals surface area contributed by atoms with Gasteiger partial charge in [0.05, 0.1) is 32.2 Å². The van der Waals surface area contributed by atoms with Gasteiger partial charge in [-0.25, -0.2) is 4.79 Å². The number of hydrogen-bond acceptors (Lipinski definition) is 15. The second kappa shape index (κ2) is 31.2. The largest absolute Gasteiger partial charge is 0.481 e. The van der Waals surface area contributed by atoms with Gasteiger partial charge in [0, 0.05) is 12.8 Å². The summed E-state index contributed by atoms with van der Waals surface area (Å²) in [7, 11) is 0. The molecule has 27 nitrogen and oxygen atoms in total. The first-order valence-corrected chi connectivity index (χ1v) is 23.1. The number of carboxylic acid groups (broad SMARTS) is 2. The Kier molecular flexibility index (Phi) is 27.2. The Bertz CT molecular complexity index is 2070. The van der Waals surface area contributed by atoms with Crippen molar-refractivity contribution in [2.75, 3.05) is 19.7 Å². The van der Waals surface area contributed by atoms with Crippen molar-refractivity contribution < 1.29 is 78.0 Å². The molecule has 0 bridgehead atoms. The third-order valence-corrected chi connectivity index (χ3v) is 11.0. The molecule has 0 unspecified atom stereocenters. The van der Waals surface area contributed by atoms with Crippen LogP contribution in [0.15, 0.2) is 30.3 Å². The molecule has 0 radical (unpaired) electrons. The van der Waals surface area contributed by atoms with E-state index in [0.717, 1.165) is 0 Å². The number of aliphatic hydroxyl groups excluding tert-OH is 2. The number of aliphatic hydroxyl groups is 2. The Morgan fingerprint density at radius 1 is 0.569 bits per heavy atom. The van der Waals surface area contributed by atoms with Crippen molar-refractivity contribution in [2.45, 2.75) is 135 Å². The van der Waals surface area contributed by atoms with Crippen LogP contribution in [0.3, 0.4) is 0 Å². The normalized spacial score (nSPS) is 15.2. The van der Waals surface area contributed by atoms with Crippen molar-refractivity contribution in [3.05, 3.63) is 35.9 Å². The van der Waals surface area contributed by atoms with Crippen molar-refractivity contribution in [1.29, 1.82) is 0 Å². The molecule has 10 amide bonds. The Morgan fingerprint density at radius 2 is 1.07 bits per heavy atom. The molecule has 1 rings (SSSR count). The maximum atomic E-state index is 14.0. The fraction of sp³-hybridized carbons (Fsp3) is 0.600. The fourth-order valence-electron chi connectivity index (χ4n) is 6.67. The summed E-state index contributed by atoms with van der Waals surface area (Å²) >= 11 is 0. The lowest BCUT2D eigenvalue weighted by Crippen LogP contribution is -2.62. The molecule has 72 heavy (non-hydrogen) atoms. The van der Waals surface area contributed by atoms with Crippen LogP contribution in [0.4, 0.5) is 0 Å². The Balaban J connectivity index is 3.38. The van der Waals surface area contributed by atoms with Crippen molar-refractivity contribution in [3.8, 4) is 0 Å². The zero-order valence-corrected chi connectivity index (χ0v) is 41.3. The molecule has 0 spiro atoms. The van der Waals surface area contributed by atoms with E-state index in [1.54, 1.807) is 71.9 Å². The minimum atomic E-state index is -1.79. The minimum Gasteiger partial charge on any atom is -0.481 e. The van der Waals surface area contributed by atoms with Crippen LogP contribution in [0.2, 0.25) is 0 Å². The molecular formula is C45H71N11O16. The molecule has 1 aromatic carbocycles. The van der Waals surface area contributed by atoms with Gasteiger partial charge in [-0.05, 0) is 36.7 Å². The molecular weight excluding hydrogens is 951 g/mol. The average molecular weight is 1020 g/mol. The van der Waals surface area contributed by atoms with Gasteiger partial charge in [0.15, 0.2) is 0 Å². The lowest BCUT2D eigenvalue weighted by molar-refractivity contribution is -0.144. The maximum absolute atomic E-state index is 14.0. The van der Waals surface area contributed by atoms with Crippen LogP contribution in [0, 0.1) is 17.8 Å². The van der Waals surface area contributed by atoms with Gasteiger partial charge in [0.25, 0.3) is 0 Å². The number of primary amides is 1. The van der Waals surface area contributed by atoms with Gasteiger partial charge in [-0.1, -0.05) is 78.3 Å². The number of nitrogens with two attached hydrogens (primary N) is 2. The smallest absolute Gasteiger partial charge is 0.326 e. The van der Waals surface area contributed by atoms with Crippen LogP contribution in [0.25, 0.3) is 0 Å². The van der Waals surface area contributed by atoms with E-state index in [0.29, 0.717) is 5.56 Å². The molecule has 17 N–H and O–H groups in total. The number of nitrogens with one attached hydrogen (secondary N) is 9. The zero-order chi connectivity index (χ0) is 55.0. The molecule has 0 saturated carbocycles. The number of rotatable bonds is 32. The summed E-state index contributed by atoms with van der Waals surface area (Å²) in [5, 5.41) is 60.0. The second-order valence-electron chi connectivity index (χ2n) is 17.7. The van der Waals surface area contributed by atoms with Crippen LogP contribution >= 0.6 is 0 Å². The third-order valence-electron chi connectivity index (χ3n) is 11.0. The number of carbonyl (C=O) groups excluding carboxylic acids is 10. The zero-order valence-electron chi connectivity index (χ0n) is 41.3. The predicted octanol–water partition coefficient (Wildman–Crippen LogP) is -5.26. The van der Waals surface area contributed by atoms with Crippen molar-refractivity contribution in [2.24, 2.45) is 29.2 Å². The third kappa shape index (κ3) is 21.8. The lowest BCUT2D eigenvalue weighted by Gasteiger charge is -2.29. The first kappa shape index (κ1) is 62.8. The molecule has 0 aliphatic rings. The molecule has 0 saturated heterocycles. The first-order chi connectivity index (χ1) is 33.7. The minimum absolute atomic E-state index is 0.276. The fourth-order valence-corrected chi connectivity index (χ4v) is 6.67. The van der Waals surface area contributed by atoms with E-state index in [4.69, 9.17) is 11.5 Å². The highest BCUT2D eigenvalue weighted by Gasteiger charge is 2.37. The van der Waals surface area contributed by atoms with E-state index in [2.05, 4.69) is 47.9 Å². The summed E-state index contributed by atoms with van der Waals surface area (Å²) in [6, 6.07) is -4.31. The van der Waals surface area contributed by atoms with Crippen LogP contribution in [-0.2, 0) is 64.0 Å². The monoisotopic (exact) mass is 1020 g/mol. The van der Waals surface area contributed by atoms with Crippen molar-refractivity contribution >= 4 is 71.0 Å². The van der Waals surface area contributed by atoms with Gasteiger partial charge in [0.2, 0.25) is 59.1 Å². The van der Waals surface area contributed by atoms with Gasteiger partial charge in [0.1, 0.15) is 48.3 Å². The quantitative estimate of drug-likeness (QED) is 0.0321. The number of aliphatic carboxylic acids is 2. The number of hydrogen-bond donors (Lipinski definition) is 15. The molecule has 0 aliphatic heterocycles. The predicted molar refractivity (Wildman–Crippen MR) is 254 cm³/mol. The summed E-state index contributed by atoms with van der Waals surface area (Å²) in [6.45, 7) is 8.27. The first-order valence-electron chi connectivity index (χ1n) is 23.1. The number of carbonyl (C=O) groups is 12. The summed E-state index contributed by atoms with van der Waals surface area (Å²) in [5.74, 6) is -14.6. The van der Waals surface area contributed by atoms with Gasteiger partial charge >= 0.3 is 11.9 Å². The molecule has 27 heteroatoms. The van der Waals surface area contributed by atoms with Crippen LogP contribution in [0.1, 0.15) is 79.7 Å². The number of amides is 10. The maximum Gasteiger partial charge on any atom is 0.326 e. The van der Waals surface area contributed by atoms with E-state index in [1.165, 1.54) is 6.92 Å². The molecule has 0 aliphatic carbocycles. The standard InChI is InChI=1S/C45H71N11O16/c1-8-23(6)36(56-44(70)37(24(7)58)53-31(60)18-46)43(69)52-28(17-30(47)59)40(66)51-27(16-25-12-10-9-11-13-25)39(65)50-26(14-15-33(62)63)38(64)48-19-32(61)49-29(20-57)41(67)54-34(21(2)3)42(68)55-35(22(4)5)45(71)72/h9-13,21-24,26-29,34-37,57-58H,8,14-20,46H2,1-7H3,(H2,47,59)(H,48,64)(H,49,61)(H,50,65)(H,51,66)(H,52,69)(H,53,60)(H,54,67)(H,55,68)(H,56,70)(H,62,63)(H,71,72)/t23-,24+,26-,27-,28-,29-,34-,35-,36-,37-/m0/s1.